The summed E-state index contributed by atoms with van der Waals surface area (Å²) in [7, 11) is 0. The number of carbonyl (C=O) groups is 2. The molecular formula is C10H8FNO3. The van der Waals surface area contributed by atoms with Gasteiger partial charge in [-0.25, -0.2) is 14.1 Å². The Morgan fingerprint density at radius 1 is 1.40 bits per heavy atom. The van der Waals surface area contributed by atoms with Gasteiger partial charge in [-0.2, -0.15) is 0 Å². The normalized spacial score (nSPS) is 15.7. The maximum Gasteiger partial charge on any atom is 0.417 e. The van der Waals surface area contributed by atoms with E-state index in [9.17, 15) is 14.0 Å². The number of ether oxygens (including phenoxy) is 1. The quantitative estimate of drug-likeness (QED) is 0.737. The van der Waals surface area contributed by atoms with Crippen molar-refractivity contribution in [1.82, 2.24) is 4.90 Å². The Labute approximate surface area is 85.2 Å². The zero-order valence-corrected chi connectivity index (χ0v) is 7.77. The fourth-order valence-electron chi connectivity index (χ4n) is 1.35. The summed E-state index contributed by atoms with van der Waals surface area (Å²) >= 11 is 0. The first kappa shape index (κ1) is 9.64. The minimum atomic E-state index is -0.677. The molecule has 0 unspecified atom stereocenters. The molecule has 1 aliphatic heterocycles. The standard InChI is InChI=1S/C10H8FNO3/c11-8-3-1-2-7(4-8)5-12-9(13)6-15-10(12)14/h1-4H,5-6H2. The number of halogens is 1. The number of cyclic esters (lactones) is 1. The van der Waals surface area contributed by atoms with Crippen molar-refractivity contribution in [2.45, 2.75) is 6.54 Å². The van der Waals surface area contributed by atoms with Crippen LogP contribution in [0, 0.1) is 5.82 Å². The van der Waals surface area contributed by atoms with Gasteiger partial charge in [0, 0.05) is 0 Å². The van der Waals surface area contributed by atoms with Gasteiger partial charge in [0.25, 0.3) is 5.91 Å². The van der Waals surface area contributed by atoms with E-state index >= 15 is 0 Å². The van der Waals surface area contributed by atoms with Crippen molar-refractivity contribution in [3.8, 4) is 0 Å². The van der Waals surface area contributed by atoms with Crippen molar-refractivity contribution in [1.29, 1.82) is 0 Å². The summed E-state index contributed by atoms with van der Waals surface area (Å²) in [5.74, 6) is -0.795. The largest absolute Gasteiger partial charge is 0.439 e. The second-order valence-electron chi connectivity index (χ2n) is 3.16. The van der Waals surface area contributed by atoms with Crippen LogP contribution in [0.15, 0.2) is 24.3 Å². The summed E-state index contributed by atoms with van der Waals surface area (Å²) in [5.41, 5.74) is 0.558. The van der Waals surface area contributed by atoms with Crippen LogP contribution < -0.4 is 0 Å². The number of benzene rings is 1. The average molecular weight is 209 g/mol. The van der Waals surface area contributed by atoms with Crippen LogP contribution in [0.1, 0.15) is 5.56 Å². The van der Waals surface area contributed by atoms with Gasteiger partial charge in [-0.05, 0) is 17.7 Å². The van der Waals surface area contributed by atoms with E-state index in [2.05, 4.69) is 4.74 Å². The second-order valence-corrected chi connectivity index (χ2v) is 3.16. The van der Waals surface area contributed by atoms with Gasteiger partial charge < -0.3 is 4.74 Å². The highest BCUT2D eigenvalue weighted by Gasteiger charge is 2.30. The Morgan fingerprint density at radius 2 is 2.20 bits per heavy atom. The molecule has 1 heterocycles. The van der Waals surface area contributed by atoms with Crippen molar-refractivity contribution in [3.63, 3.8) is 0 Å². The Balaban J connectivity index is 2.15. The van der Waals surface area contributed by atoms with Crippen LogP contribution in [0.25, 0.3) is 0 Å². The van der Waals surface area contributed by atoms with Gasteiger partial charge in [0.2, 0.25) is 0 Å². The number of hydrogen-bond donors (Lipinski definition) is 0. The van der Waals surface area contributed by atoms with Gasteiger partial charge in [0.05, 0.1) is 6.54 Å². The highest BCUT2D eigenvalue weighted by molar-refractivity contribution is 5.97. The number of amides is 2. The van der Waals surface area contributed by atoms with Gasteiger partial charge in [0.1, 0.15) is 5.82 Å². The Bertz CT molecular complexity index is 403. The van der Waals surface area contributed by atoms with Crippen molar-refractivity contribution >= 4 is 12.0 Å². The fraction of sp³-hybridized carbons (Fsp3) is 0.200. The van der Waals surface area contributed by atoms with E-state index in [0.717, 1.165) is 4.90 Å². The van der Waals surface area contributed by atoms with E-state index in [1.54, 1.807) is 6.07 Å². The van der Waals surface area contributed by atoms with Gasteiger partial charge in [0.15, 0.2) is 6.61 Å². The first-order valence-corrected chi connectivity index (χ1v) is 4.38. The second kappa shape index (κ2) is 3.68. The Morgan fingerprint density at radius 3 is 2.80 bits per heavy atom. The van der Waals surface area contributed by atoms with E-state index in [4.69, 9.17) is 0 Å². The molecule has 1 aromatic rings. The lowest BCUT2D eigenvalue weighted by Crippen LogP contribution is -2.28. The zero-order valence-electron chi connectivity index (χ0n) is 7.77. The highest BCUT2D eigenvalue weighted by atomic mass is 19.1. The molecule has 15 heavy (non-hydrogen) atoms. The maximum absolute atomic E-state index is 12.8. The molecule has 1 fully saturated rings. The summed E-state index contributed by atoms with van der Waals surface area (Å²) in [6, 6.07) is 5.74. The van der Waals surface area contributed by atoms with Crippen molar-refractivity contribution in [2.24, 2.45) is 0 Å². The van der Waals surface area contributed by atoms with E-state index in [0.29, 0.717) is 5.56 Å². The SMILES string of the molecule is O=C1COC(=O)N1Cc1cccc(F)c1. The zero-order chi connectivity index (χ0) is 10.8. The molecule has 0 saturated carbocycles. The van der Waals surface area contributed by atoms with Crippen molar-refractivity contribution in [2.75, 3.05) is 6.61 Å². The Hall–Kier alpha value is -1.91. The number of nitrogens with zero attached hydrogens (tertiary/aromatic N) is 1. The van der Waals surface area contributed by atoms with Gasteiger partial charge in [-0.1, -0.05) is 12.1 Å². The summed E-state index contributed by atoms with van der Waals surface area (Å²) in [4.78, 5) is 23.2. The third-order valence-corrected chi connectivity index (χ3v) is 2.07. The Kier molecular flexibility index (Phi) is 2.37. The molecule has 78 valence electrons. The van der Waals surface area contributed by atoms with Gasteiger partial charge in [-0.15, -0.1) is 0 Å². The lowest BCUT2D eigenvalue weighted by atomic mass is 10.2. The molecule has 4 nitrogen and oxygen atoms in total. The third-order valence-electron chi connectivity index (χ3n) is 2.07. The average Bonchev–Trinajstić information content (AvgIpc) is 2.50. The minimum absolute atomic E-state index is 0.0510. The molecule has 2 rings (SSSR count). The minimum Gasteiger partial charge on any atom is -0.439 e. The molecule has 0 aliphatic carbocycles. The molecule has 0 radical (unpaired) electrons. The molecule has 0 N–H and O–H groups in total. The number of carbonyl (C=O) groups excluding carboxylic acids is 2. The van der Waals surface area contributed by atoms with E-state index in [1.165, 1.54) is 18.2 Å². The molecule has 1 aliphatic rings. The van der Waals surface area contributed by atoms with Crippen LogP contribution in [-0.4, -0.2) is 23.5 Å². The third kappa shape index (κ3) is 1.96. The topological polar surface area (TPSA) is 46.6 Å². The summed E-state index contributed by atoms with van der Waals surface area (Å²) < 4.78 is 17.3. The van der Waals surface area contributed by atoms with Crippen LogP contribution >= 0.6 is 0 Å². The molecule has 0 bridgehead atoms. The smallest absolute Gasteiger partial charge is 0.417 e. The maximum atomic E-state index is 12.8. The van der Waals surface area contributed by atoms with Crippen LogP contribution in [0.5, 0.6) is 0 Å². The van der Waals surface area contributed by atoms with Crippen LogP contribution in [-0.2, 0) is 16.1 Å². The fourth-order valence-corrected chi connectivity index (χ4v) is 1.35. The monoisotopic (exact) mass is 209 g/mol. The molecule has 1 saturated heterocycles. The van der Waals surface area contributed by atoms with Crippen LogP contribution in [0.4, 0.5) is 9.18 Å². The van der Waals surface area contributed by atoms with Crippen molar-refractivity contribution in [3.05, 3.63) is 35.6 Å². The molecule has 5 heteroatoms. The molecule has 2 amide bonds. The van der Waals surface area contributed by atoms with E-state index in [1.807, 2.05) is 0 Å². The number of imide groups is 1. The molecule has 0 spiro atoms. The summed E-state index contributed by atoms with van der Waals surface area (Å²) in [6.07, 6.45) is -0.677. The summed E-state index contributed by atoms with van der Waals surface area (Å²) in [6.45, 7) is -0.177. The first-order chi connectivity index (χ1) is 7.16. The number of hydrogen-bond acceptors (Lipinski definition) is 3. The van der Waals surface area contributed by atoms with Crippen LogP contribution in [0.3, 0.4) is 0 Å². The predicted molar refractivity (Wildman–Crippen MR) is 48.3 cm³/mol. The lowest BCUT2D eigenvalue weighted by molar-refractivity contribution is -0.126. The van der Waals surface area contributed by atoms with Crippen molar-refractivity contribution < 1.29 is 18.7 Å². The van der Waals surface area contributed by atoms with Crippen LogP contribution in [0.2, 0.25) is 0 Å². The lowest BCUT2D eigenvalue weighted by Gasteiger charge is -2.10. The molecule has 0 atom stereocenters. The predicted octanol–water partition coefficient (Wildman–Crippen LogP) is 1.30. The summed E-state index contributed by atoms with van der Waals surface area (Å²) in [5, 5.41) is 0. The van der Waals surface area contributed by atoms with E-state index < -0.39 is 17.8 Å². The van der Waals surface area contributed by atoms with E-state index in [-0.39, 0.29) is 13.2 Å². The van der Waals surface area contributed by atoms with Gasteiger partial charge >= 0.3 is 6.09 Å². The molecule has 0 aromatic heterocycles. The molecular weight excluding hydrogens is 201 g/mol. The first-order valence-electron chi connectivity index (χ1n) is 4.38. The molecule has 1 aromatic carbocycles. The van der Waals surface area contributed by atoms with Gasteiger partial charge in [-0.3, -0.25) is 4.79 Å². The number of rotatable bonds is 2. The highest BCUT2D eigenvalue weighted by Crippen LogP contribution is 2.12.